The smallest absolute Gasteiger partial charge is 0.408 e. The zero-order valence-electron chi connectivity index (χ0n) is 20.3. The second-order valence-corrected chi connectivity index (χ2v) is 9.14. The van der Waals surface area contributed by atoms with Crippen LogP contribution < -0.4 is 10.6 Å². The Morgan fingerprint density at radius 2 is 1.50 bits per heavy atom. The molecule has 0 fully saturated rings. The molecule has 0 saturated heterocycles. The molecular formula is C27H34N2O5. The molecule has 2 aromatic carbocycles. The monoisotopic (exact) mass is 466 g/mol. The first kappa shape index (κ1) is 25.3. The quantitative estimate of drug-likeness (QED) is 0.476. The predicted molar refractivity (Wildman–Crippen MR) is 130 cm³/mol. The van der Waals surface area contributed by atoms with E-state index in [2.05, 4.69) is 22.8 Å². The number of rotatable bonds is 10. The largest absolute Gasteiger partial charge is 0.481 e. The van der Waals surface area contributed by atoms with E-state index in [0.29, 0.717) is 12.8 Å². The van der Waals surface area contributed by atoms with Gasteiger partial charge in [0.1, 0.15) is 12.1 Å². The Labute approximate surface area is 200 Å². The van der Waals surface area contributed by atoms with Crippen molar-refractivity contribution in [2.24, 2.45) is 11.8 Å². The normalized spacial score (nSPS) is 13.7. The number of hydrogen-bond acceptors (Lipinski definition) is 4. The van der Waals surface area contributed by atoms with Gasteiger partial charge in [-0.1, -0.05) is 76.2 Å². The first-order valence-electron chi connectivity index (χ1n) is 11.9. The molecule has 1 aliphatic carbocycles. The van der Waals surface area contributed by atoms with Crippen molar-refractivity contribution in [1.29, 1.82) is 0 Å². The van der Waals surface area contributed by atoms with Crippen LogP contribution in [-0.2, 0) is 14.3 Å². The van der Waals surface area contributed by atoms with Gasteiger partial charge in [-0.15, -0.1) is 0 Å². The van der Waals surface area contributed by atoms with E-state index < -0.39 is 29.4 Å². The highest BCUT2D eigenvalue weighted by atomic mass is 16.5. The van der Waals surface area contributed by atoms with Gasteiger partial charge in [0.05, 0.1) is 5.92 Å². The molecule has 7 heteroatoms. The molecule has 182 valence electrons. The zero-order valence-corrected chi connectivity index (χ0v) is 20.3. The number of carboxylic acid groups (broad SMARTS) is 1. The van der Waals surface area contributed by atoms with Gasteiger partial charge in [-0.2, -0.15) is 0 Å². The Balaban J connectivity index is 1.67. The Morgan fingerprint density at radius 1 is 0.971 bits per heavy atom. The van der Waals surface area contributed by atoms with Crippen molar-refractivity contribution in [3.8, 4) is 11.1 Å². The zero-order chi connectivity index (χ0) is 24.9. The molecule has 1 atom stereocenters. The summed E-state index contributed by atoms with van der Waals surface area (Å²) in [5.74, 6) is -2.28. The first-order chi connectivity index (χ1) is 16.2. The van der Waals surface area contributed by atoms with Gasteiger partial charge in [0.2, 0.25) is 5.91 Å². The number of carboxylic acids is 1. The number of carbonyl (C=O) groups excluding carboxylic acids is 2. The van der Waals surface area contributed by atoms with Gasteiger partial charge >= 0.3 is 12.1 Å². The van der Waals surface area contributed by atoms with E-state index in [1.165, 1.54) is 0 Å². The van der Waals surface area contributed by atoms with Crippen molar-refractivity contribution >= 4 is 18.0 Å². The summed E-state index contributed by atoms with van der Waals surface area (Å²) in [4.78, 5) is 37.3. The van der Waals surface area contributed by atoms with Crippen LogP contribution in [0.4, 0.5) is 4.79 Å². The maximum atomic E-state index is 13.0. The minimum Gasteiger partial charge on any atom is -0.481 e. The fraction of sp³-hybridized carbons (Fsp3) is 0.444. The molecule has 0 radical (unpaired) electrons. The van der Waals surface area contributed by atoms with Gasteiger partial charge in [0, 0.05) is 12.5 Å². The molecule has 7 nitrogen and oxygen atoms in total. The summed E-state index contributed by atoms with van der Waals surface area (Å²) in [6, 6.07) is 16.2. The highest BCUT2D eigenvalue weighted by Gasteiger charge is 2.38. The van der Waals surface area contributed by atoms with E-state index in [-0.39, 0.29) is 25.0 Å². The van der Waals surface area contributed by atoms with E-state index in [1.807, 2.05) is 50.2 Å². The third-order valence-corrected chi connectivity index (χ3v) is 6.93. The number of nitrogens with one attached hydrogen (secondary N) is 2. The predicted octanol–water partition coefficient (Wildman–Crippen LogP) is 4.56. The van der Waals surface area contributed by atoms with Crippen LogP contribution in [0.1, 0.15) is 57.6 Å². The molecule has 1 unspecified atom stereocenters. The Hall–Kier alpha value is -3.35. The second-order valence-electron chi connectivity index (χ2n) is 9.14. The average Bonchev–Trinajstić information content (AvgIpc) is 3.14. The summed E-state index contributed by atoms with van der Waals surface area (Å²) in [6.45, 7) is 7.37. The van der Waals surface area contributed by atoms with Gasteiger partial charge in [-0.05, 0) is 41.0 Å². The second kappa shape index (κ2) is 10.7. The van der Waals surface area contributed by atoms with E-state index in [9.17, 15) is 19.5 Å². The van der Waals surface area contributed by atoms with Crippen LogP contribution in [0.15, 0.2) is 48.5 Å². The topological polar surface area (TPSA) is 105 Å². The van der Waals surface area contributed by atoms with Crippen molar-refractivity contribution in [3.05, 3.63) is 59.7 Å². The number of carbonyl (C=O) groups is 3. The van der Waals surface area contributed by atoms with Crippen LogP contribution in [-0.4, -0.2) is 41.8 Å². The fourth-order valence-corrected chi connectivity index (χ4v) is 4.61. The van der Waals surface area contributed by atoms with Crippen LogP contribution in [0.5, 0.6) is 0 Å². The number of fused-ring (bicyclic) bond motifs is 3. The van der Waals surface area contributed by atoms with Gasteiger partial charge in [0.15, 0.2) is 0 Å². The van der Waals surface area contributed by atoms with Gasteiger partial charge in [0.25, 0.3) is 0 Å². The lowest BCUT2D eigenvalue weighted by Crippen LogP contribution is -2.59. The van der Waals surface area contributed by atoms with E-state index in [0.717, 1.165) is 22.3 Å². The molecule has 3 rings (SSSR count). The fourth-order valence-electron chi connectivity index (χ4n) is 4.61. The van der Waals surface area contributed by atoms with Crippen LogP contribution in [0.2, 0.25) is 0 Å². The Bertz CT molecular complexity index is 999. The number of alkyl carbamates (subject to hydrolysis) is 1. The van der Waals surface area contributed by atoms with Gasteiger partial charge in [-0.25, -0.2) is 4.79 Å². The number of ether oxygens (including phenoxy) is 1. The third kappa shape index (κ3) is 5.08. The van der Waals surface area contributed by atoms with Crippen molar-refractivity contribution < 1.29 is 24.2 Å². The lowest BCUT2D eigenvalue weighted by molar-refractivity contribution is -0.143. The Morgan fingerprint density at radius 3 is 1.97 bits per heavy atom. The van der Waals surface area contributed by atoms with E-state index >= 15 is 0 Å². The summed E-state index contributed by atoms with van der Waals surface area (Å²) in [5, 5.41) is 14.9. The summed E-state index contributed by atoms with van der Waals surface area (Å²) in [6.07, 6.45) is 0.0251. The van der Waals surface area contributed by atoms with Crippen LogP contribution >= 0.6 is 0 Å². The highest BCUT2D eigenvalue weighted by Crippen LogP contribution is 2.44. The average molecular weight is 467 g/mol. The van der Waals surface area contributed by atoms with Crippen molar-refractivity contribution in [2.75, 3.05) is 13.2 Å². The van der Waals surface area contributed by atoms with Crippen LogP contribution in [0.3, 0.4) is 0 Å². The number of amides is 2. The summed E-state index contributed by atoms with van der Waals surface area (Å²) < 4.78 is 5.63. The molecule has 1 aliphatic rings. The molecule has 3 N–H and O–H groups in total. The molecular weight excluding hydrogens is 432 g/mol. The van der Waals surface area contributed by atoms with Gasteiger partial charge in [-0.3, -0.25) is 9.59 Å². The van der Waals surface area contributed by atoms with Gasteiger partial charge < -0.3 is 20.5 Å². The lowest BCUT2D eigenvalue weighted by Gasteiger charge is -2.32. The maximum Gasteiger partial charge on any atom is 0.408 e. The molecule has 0 saturated carbocycles. The van der Waals surface area contributed by atoms with Crippen LogP contribution in [0.25, 0.3) is 11.1 Å². The first-order valence-corrected chi connectivity index (χ1v) is 11.9. The van der Waals surface area contributed by atoms with Crippen molar-refractivity contribution in [2.45, 2.75) is 52.0 Å². The summed E-state index contributed by atoms with van der Waals surface area (Å²) in [5.41, 5.74) is 3.32. The molecule has 34 heavy (non-hydrogen) atoms. The third-order valence-electron chi connectivity index (χ3n) is 6.93. The van der Waals surface area contributed by atoms with Crippen molar-refractivity contribution in [3.63, 3.8) is 0 Å². The molecule has 0 aromatic heterocycles. The Kier molecular flexibility index (Phi) is 7.97. The number of hydrogen-bond donors (Lipinski definition) is 3. The number of aliphatic carboxylic acids is 1. The lowest BCUT2D eigenvalue weighted by atomic mass is 9.90. The standard InChI is InChI=1S/C27H34N2O5/c1-5-27(6-2,25(32)28-15-22(17(3)4)24(30)31)29-26(33)34-16-23-20-13-9-7-11-18(20)19-12-8-10-14-21(19)23/h7-14,17,22-23H,5-6,15-16H2,1-4H3,(H,28,32)(H,29,33)(H,30,31). The molecule has 0 bridgehead atoms. The minimum absolute atomic E-state index is 0.0000465. The number of benzene rings is 2. The maximum absolute atomic E-state index is 13.0. The van der Waals surface area contributed by atoms with Crippen molar-refractivity contribution in [1.82, 2.24) is 10.6 Å². The summed E-state index contributed by atoms with van der Waals surface area (Å²) in [7, 11) is 0. The molecule has 0 aliphatic heterocycles. The van der Waals surface area contributed by atoms with Crippen LogP contribution in [0, 0.1) is 11.8 Å². The molecule has 0 spiro atoms. The summed E-state index contributed by atoms with van der Waals surface area (Å²) >= 11 is 0. The SMILES string of the molecule is CCC(CC)(NC(=O)OCC1c2ccccc2-c2ccccc21)C(=O)NCC(C(=O)O)C(C)C. The molecule has 0 heterocycles. The molecule has 2 amide bonds. The minimum atomic E-state index is -1.18. The highest BCUT2D eigenvalue weighted by molar-refractivity contribution is 5.90. The molecule has 2 aromatic rings. The van der Waals surface area contributed by atoms with E-state index in [1.54, 1.807) is 13.8 Å². The van der Waals surface area contributed by atoms with E-state index in [4.69, 9.17) is 4.74 Å².